The van der Waals surface area contributed by atoms with E-state index in [0.29, 0.717) is 6.54 Å². The minimum absolute atomic E-state index is 0.0261. The topological polar surface area (TPSA) is 46.1 Å². The first kappa shape index (κ1) is 12.8. The highest BCUT2D eigenvalue weighted by Gasteiger charge is 2.25. The maximum absolute atomic E-state index is 11.9. The van der Waals surface area contributed by atoms with Gasteiger partial charge in [0.1, 0.15) is 0 Å². The molecule has 4 heteroatoms. The molecule has 1 amide bonds. The van der Waals surface area contributed by atoms with Gasteiger partial charge in [0.15, 0.2) is 0 Å². The second-order valence-corrected chi connectivity index (χ2v) is 4.52. The number of hydrogen-bond donors (Lipinski definition) is 2. The van der Waals surface area contributed by atoms with Crippen LogP contribution < -0.4 is 10.6 Å². The summed E-state index contributed by atoms with van der Waals surface area (Å²) in [6.07, 6.45) is 3.97. The highest BCUT2D eigenvalue weighted by molar-refractivity contribution is 5.85. The zero-order valence-corrected chi connectivity index (χ0v) is 10.5. The van der Waals surface area contributed by atoms with Gasteiger partial charge in [0.25, 0.3) is 0 Å². The van der Waals surface area contributed by atoms with E-state index >= 15 is 0 Å². The first-order valence-electron chi connectivity index (χ1n) is 5.60. The smallest absolute Gasteiger partial charge is 0.239 e. The van der Waals surface area contributed by atoms with Crippen LogP contribution in [0.25, 0.3) is 0 Å². The van der Waals surface area contributed by atoms with Crippen LogP contribution in [0.15, 0.2) is 18.5 Å². The number of carbonyl (C=O) groups excluding carboxylic acids is 1. The van der Waals surface area contributed by atoms with Gasteiger partial charge in [-0.25, -0.2) is 0 Å². The van der Waals surface area contributed by atoms with Gasteiger partial charge in [0.2, 0.25) is 5.91 Å². The molecule has 4 nitrogen and oxygen atoms in total. The first-order chi connectivity index (χ1) is 7.45. The van der Waals surface area contributed by atoms with E-state index < -0.39 is 5.54 Å². The van der Waals surface area contributed by atoms with Crippen LogP contribution in [0.3, 0.4) is 0 Å². The Kier molecular flexibility index (Phi) is 4.12. The summed E-state index contributed by atoms with van der Waals surface area (Å²) in [4.78, 5) is 11.9. The Labute approximate surface area is 97.0 Å². The standard InChI is InChI=1S/C12H21N3O/c1-5-14-12(2,3)11(16)13-8-10-6-7-15(4)9-10/h6-7,9,14H,5,8H2,1-4H3,(H,13,16). The molecular formula is C12H21N3O. The lowest BCUT2D eigenvalue weighted by Gasteiger charge is -2.24. The molecule has 0 atom stereocenters. The zero-order valence-electron chi connectivity index (χ0n) is 10.5. The van der Waals surface area contributed by atoms with Crippen molar-refractivity contribution in [3.63, 3.8) is 0 Å². The van der Waals surface area contributed by atoms with E-state index in [1.165, 1.54) is 0 Å². The largest absolute Gasteiger partial charge is 0.357 e. The lowest BCUT2D eigenvalue weighted by molar-refractivity contribution is -0.126. The van der Waals surface area contributed by atoms with Crippen molar-refractivity contribution >= 4 is 5.91 Å². The van der Waals surface area contributed by atoms with Crippen LogP contribution in [0.2, 0.25) is 0 Å². The molecule has 0 saturated heterocycles. The van der Waals surface area contributed by atoms with Crippen molar-refractivity contribution in [2.24, 2.45) is 7.05 Å². The van der Waals surface area contributed by atoms with E-state index in [0.717, 1.165) is 12.1 Å². The van der Waals surface area contributed by atoms with Gasteiger partial charge in [-0.05, 0) is 32.0 Å². The highest BCUT2D eigenvalue weighted by atomic mass is 16.2. The third-order valence-electron chi connectivity index (χ3n) is 2.53. The molecule has 0 radical (unpaired) electrons. The average Bonchev–Trinajstić information content (AvgIpc) is 2.60. The number of aryl methyl sites for hydroxylation is 1. The maximum Gasteiger partial charge on any atom is 0.239 e. The second kappa shape index (κ2) is 5.16. The zero-order chi connectivity index (χ0) is 12.2. The van der Waals surface area contributed by atoms with Gasteiger partial charge in [-0.2, -0.15) is 0 Å². The van der Waals surface area contributed by atoms with Crippen LogP contribution in [-0.2, 0) is 18.4 Å². The van der Waals surface area contributed by atoms with E-state index in [9.17, 15) is 4.79 Å². The summed E-state index contributed by atoms with van der Waals surface area (Å²) in [5, 5.41) is 6.07. The summed E-state index contributed by atoms with van der Waals surface area (Å²) < 4.78 is 1.97. The van der Waals surface area contributed by atoms with Crippen molar-refractivity contribution in [2.45, 2.75) is 32.9 Å². The van der Waals surface area contributed by atoms with Crippen LogP contribution >= 0.6 is 0 Å². The summed E-state index contributed by atoms with van der Waals surface area (Å²) in [6, 6.07) is 2.00. The molecule has 0 fully saturated rings. The maximum atomic E-state index is 11.9. The number of hydrogen-bond acceptors (Lipinski definition) is 2. The molecule has 1 aromatic heterocycles. The van der Waals surface area contributed by atoms with Crippen LogP contribution in [0, 0.1) is 0 Å². The van der Waals surface area contributed by atoms with Gasteiger partial charge in [-0.1, -0.05) is 6.92 Å². The molecule has 0 aliphatic carbocycles. The molecule has 0 spiro atoms. The molecule has 1 aromatic rings. The molecule has 2 N–H and O–H groups in total. The van der Waals surface area contributed by atoms with Crippen LogP contribution in [0.5, 0.6) is 0 Å². The third-order valence-corrected chi connectivity index (χ3v) is 2.53. The van der Waals surface area contributed by atoms with E-state index in [1.54, 1.807) is 0 Å². The number of rotatable bonds is 5. The Hall–Kier alpha value is -1.29. The SMILES string of the molecule is CCNC(C)(C)C(=O)NCc1ccn(C)c1. The van der Waals surface area contributed by atoms with Gasteiger partial charge in [-0.3, -0.25) is 4.79 Å². The number of aromatic nitrogens is 1. The van der Waals surface area contributed by atoms with E-state index in [2.05, 4.69) is 10.6 Å². The van der Waals surface area contributed by atoms with E-state index in [4.69, 9.17) is 0 Å². The van der Waals surface area contributed by atoms with Crippen molar-refractivity contribution < 1.29 is 4.79 Å². The summed E-state index contributed by atoms with van der Waals surface area (Å²) in [7, 11) is 1.97. The minimum Gasteiger partial charge on any atom is -0.357 e. The second-order valence-electron chi connectivity index (χ2n) is 4.52. The lowest BCUT2D eigenvalue weighted by atomic mass is 10.0. The van der Waals surface area contributed by atoms with Crippen molar-refractivity contribution in [2.75, 3.05) is 6.54 Å². The molecule has 0 bridgehead atoms. The monoisotopic (exact) mass is 223 g/mol. The molecule has 0 unspecified atom stereocenters. The van der Waals surface area contributed by atoms with E-state index in [1.807, 2.05) is 50.8 Å². The Morgan fingerprint density at radius 3 is 2.69 bits per heavy atom. The molecule has 0 aliphatic heterocycles. The van der Waals surface area contributed by atoms with Crippen LogP contribution in [0.1, 0.15) is 26.3 Å². The van der Waals surface area contributed by atoms with Crippen molar-refractivity contribution in [1.82, 2.24) is 15.2 Å². The molecule has 0 aromatic carbocycles. The van der Waals surface area contributed by atoms with Gasteiger partial charge in [-0.15, -0.1) is 0 Å². The lowest BCUT2D eigenvalue weighted by Crippen LogP contribution is -2.52. The fraction of sp³-hybridized carbons (Fsp3) is 0.583. The van der Waals surface area contributed by atoms with Crippen molar-refractivity contribution in [1.29, 1.82) is 0 Å². The summed E-state index contributed by atoms with van der Waals surface area (Å²) in [6.45, 7) is 7.13. The predicted molar refractivity (Wildman–Crippen MR) is 65.0 cm³/mol. The Morgan fingerprint density at radius 2 is 2.19 bits per heavy atom. The summed E-state index contributed by atoms with van der Waals surface area (Å²) in [5.41, 5.74) is 0.604. The average molecular weight is 223 g/mol. The molecule has 1 rings (SSSR count). The van der Waals surface area contributed by atoms with Crippen molar-refractivity contribution in [3.8, 4) is 0 Å². The molecule has 0 aliphatic rings. The Bertz CT molecular complexity index is 355. The van der Waals surface area contributed by atoms with Gasteiger partial charge < -0.3 is 15.2 Å². The molecule has 0 saturated carbocycles. The Morgan fingerprint density at radius 1 is 1.50 bits per heavy atom. The van der Waals surface area contributed by atoms with Crippen LogP contribution in [-0.4, -0.2) is 22.6 Å². The minimum atomic E-state index is -0.510. The van der Waals surface area contributed by atoms with Crippen LogP contribution in [0.4, 0.5) is 0 Å². The number of nitrogens with zero attached hydrogens (tertiary/aromatic N) is 1. The van der Waals surface area contributed by atoms with Gasteiger partial charge in [0.05, 0.1) is 5.54 Å². The molecule has 1 heterocycles. The molecular weight excluding hydrogens is 202 g/mol. The van der Waals surface area contributed by atoms with Gasteiger partial charge >= 0.3 is 0 Å². The Balaban J connectivity index is 2.46. The fourth-order valence-electron chi connectivity index (χ4n) is 1.59. The molecule has 90 valence electrons. The van der Waals surface area contributed by atoms with Gasteiger partial charge in [0, 0.05) is 26.0 Å². The number of nitrogens with one attached hydrogen (secondary N) is 2. The number of amides is 1. The van der Waals surface area contributed by atoms with E-state index in [-0.39, 0.29) is 5.91 Å². The normalized spacial score (nSPS) is 11.5. The predicted octanol–water partition coefficient (Wildman–Crippen LogP) is 1.03. The molecule has 16 heavy (non-hydrogen) atoms. The summed E-state index contributed by atoms with van der Waals surface area (Å²) in [5.74, 6) is 0.0261. The first-order valence-corrected chi connectivity index (χ1v) is 5.60. The van der Waals surface area contributed by atoms with Crippen molar-refractivity contribution in [3.05, 3.63) is 24.0 Å². The summed E-state index contributed by atoms with van der Waals surface area (Å²) >= 11 is 0. The fourth-order valence-corrected chi connectivity index (χ4v) is 1.59. The highest BCUT2D eigenvalue weighted by Crippen LogP contribution is 2.03. The number of carbonyl (C=O) groups is 1. The quantitative estimate of drug-likeness (QED) is 0.783. The third kappa shape index (κ3) is 3.38. The number of likely N-dealkylation sites (N-methyl/N-ethyl adjacent to an activating group) is 1.